The molecule has 2 heteroatoms. The van der Waals surface area contributed by atoms with Gasteiger partial charge < -0.3 is 9.53 Å². The fraction of sp³-hybridized carbons (Fsp3) is 0.364. The molecule has 1 saturated carbocycles. The number of hydrogen-bond acceptors (Lipinski definition) is 2. The molecule has 0 spiro atoms. The lowest BCUT2D eigenvalue weighted by molar-refractivity contribution is -0.108. The molecule has 0 N–H and O–H groups in total. The maximum Gasteiger partial charge on any atom is 0.123 e. The van der Waals surface area contributed by atoms with Crippen LogP contribution in [0.25, 0.3) is 0 Å². The summed E-state index contributed by atoms with van der Waals surface area (Å²) in [5.74, 6) is 1.55. The summed E-state index contributed by atoms with van der Waals surface area (Å²) in [5.41, 5.74) is 1.22. The first-order valence-corrected chi connectivity index (χ1v) is 4.44. The highest BCUT2D eigenvalue weighted by Crippen LogP contribution is 2.46. The Hall–Kier alpha value is -1.31. The summed E-state index contributed by atoms with van der Waals surface area (Å²) >= 11 is 0. The second-order valence-electron chi connectivity index (χ2n) is 3.42. The molecule has 2 rings (SSSR count). The summed E-state index contributed by atoms with van der Waals surface area (Å²) < 4.78 is 5.11. The Labute approximate surface area is 77.5 Å². The Kier molecular flexibility index (Phi) is 2.05. The fourth-order valence-electron chi connectivity index (χ4n) is 1.62. The van der Waals surface area contributed by atoms with Crippen LogP contribution in [-0.4, -0.2) is 13.4 Å². The van der Waals surface area contributed by atoms with Crippen molar-refractivity contribution >= 4 is 6.29 Å². The van der Waals surface area contributed by atoms with Gasteiger partial charge in [0.05, 0.1) is 7.11 Å². The van der Waals surface area contributed by atoms with Crippen molar-refractivity contribution in [1.82, 2.24) is 0 Å². The molecule has 1 aliphatic carbocycles. The van der Waals surface area contributed by atoms with Crippen molar-refractivity contribution in [3.8, 4) is 5.75 Å². The highest BCUT2D eigenvalue weighted by molar-refractivity contribution is 5.61. The van der Waals surface area contributed by atoms with E-state index >= 15 is 0 Å². The zero-order chi connectivity index (χ0) is 9.26. The molecule has 13 heavy (non-hydrogen) atoms. The Morgan fingerprint density at radius 2 is 2.38 bits per heavy atom. The molecule has 0 saturated heterocycles. The van der Waals surface area contributed by atoms with E-state index in [-0.39, 0.29) is 5.92 Å². The molecule has 0 amide bonds. The lowest BCUT2D eigenvalue weighted by Crippen LogP contribution is -1.87. The van der Waals surface area contributed by atoms with E-state index in [1.807, 2.05) is 18.2 Å². The van der Waals surface area contributed by atoms with Crippen LogP contribution in [0.4, 0.5) is 0 Å². The summed E-state index contributed by atoms with van der Waals surface area (Å²) in [6.07, 6.45) is 2.04. The van der Waals surface area contributed by atoms with Gasteiger partial charge in [-0.3, -0.25) is 0 Å². The molecule has 2 nitrogen and oxygen atoms in total. The largest absolute Gasteiger partial charge is 0.497 e. The Bertz CT molecular complexity index is 320. The summed E-state index contributed by atoms with van der Waals surface area (Å²) in [6, 6.07) is 7.95. The van der Waals surface area contributed by atoms with Crippen molar-refractivity contribution in [3.63, 3.8) is 0 Å². The highest BCUT2D eigenvalue weighted by atomic mass is 16.5. The number of carbonyl (C=O) groups excluding carboxylic acids is 1. The number of hydrogen-bond donors (Lipinski definition) is 0. The number of methoxy groups -OCH3 is 1. The van der Waals surface area contributed by atoms with Gasteiger partial charge in [-0.05, 0) is 30.0 Å². The van der Waals surface area contributed by atoms with Gasteiger partial charge in [-0.15, -0.1) is 0 Å². The third-order valence-corrected chi connectivity index (χ3v) is 2.54. The van der Waals surface area contributed by atoms with Crippen LogP contribution in [0.2, 0.25) is 0 Å². The third-order valence-electron chi connectivity index (χ3n) is 2.54. The van der Waals surface area contributed by atoms with Crippen LogP contribution in [0.5, 0.6) is 5.75 Å². The lowest BCUT2D eigenvalue weighted by Gasteiger charge is -2.02. The minimum Gasteiger partial charge on any atom is -0.497 e. The second kappa shape index (κ2) is 3.21. The number of carbonyl (C=O) groups is 1. The van der Waals surface area contributed by atoms with Gasteiger partial charge in [-0.25, -0.2) is 0 Å². The van der Waals surface area contributed by atoms with Crippen molar-refractivity contribution in [2.45, 2.75) is 12.3 Å². The minimum atomic E-state index is 0.243. The maximum atomic E-state index is 10.5. The standard InChI is InChI=1S/C11H12O2/c1-13-10-4-2-3-8(5-10)11-6-9(11)7-12/h2-5,7,9,11H,6H2,1H3. The van der Waals surface area contributed by atoms with E-state index in [9.17, 15) is 4.79 Å². The normalized spacial score (nSPS) is 25.3. The lowest BCUT2D eigenvalue weighted by atomic mass is 10.1. The molecule has 0 aromatic heterocycles. The number of rotatable bonds is 3. The minimum absolute atomic E-state index is 0.243. The average Bonchev–Trinajstić information content (AvgIpc) is 2.97. The first-order valence-electron chi connectivity index (χ1n) is 4.44. The molecule has 1 fully saturated rings. The number of ether oxygens (including phenoxy) is 1. The molecule has 68 valence electrons. The average molecular weight is 176 g/mol. The van der Waals surface area contributed by atoms with Crippen LogP contribution in [0.15, 0.2) is 24.3 Å². The number of aldehydes is 1. The van der Waals surface area contributed by atoms with E-state index in [1.54, 1.807) is 7.11 Å². The van der Waals surface area contributed by atoms with Gasteiger partial charge in [-0.2, -0.15) is 0 Å². The summed E-state index contributed by atoms with van der Waals surface area (Å²) in [7, 11) is 1.66. The van der Waals surface area contributed by atoms with E-state index in [4.69, 9.17) is 4.74 Å². The predicted molar refractivity (Wildman–Crippen MR) is 49.9 cm³/mol. The van der Waals surface area contributed by atoms with Crippen LogP contribution < -0.4 is 4.74 Å². The van der Waals surface area contributed by atoms with E-state index in [1.165, 1.54) is 5.56 Å². The first kappa shape index (κ1) is 8.30. The molecule has 0 heterocycles. The van der Waals surface area contributed by atoms with E-state index in [2.05, 4.69) is 6.07 Å². The summed E-state index contributed by atoms with van der Waals surface area (Å²) in [4.78, 5) is 10.5. The van der Waals surface area contributed by atoms with Crippen LogP contribution in [0.3, 0.4) is 0 Å². The molecule has 0 radical (unpaired) electrons. The van der Waals surface area contributed by atoms with Crippen molar-refractivity contribution < 1.29 is 9.53 Å². The van der Waals surface area contributed by atoms with Gasteiger partial charge in [0.1, 0.15) is 12.0 Å². The topological polar surface area (TPSA) is 26.3 Å². The quantitative estimate of drug-likeness (QED) is 0.658. The maximum absolute atomic E-state index is 10.5. The SMILES string of the molecule is COc1cccc(C2CC2C=O)c1. The van der Waals surface area contributed by atoms with Crippen molar-refractivity contribution in [2.75, 3.05) is 7.11 Å². The van der Waals surface area contributed by atoms with E-state index in [0.717, 1.165) is 18.5 Å². The zero-order valence-electron chi connectivity index (χ0n) is 7.57. The van der Waals surface area contributed by atoms with E-state index in [0.29, 0.717) is 5.92 Å². The summed E-state index contributed by atoms with van der Waals surface area (Å²) in [5, 5.41) is 0. The molecule has 0 aliphatic heterocycles. The van der Waals surface area contributed by atoms with Crippen molar-refractivity contribution in [2.24, 2.45) is 5.92 Å². The third kappa shape index (κ3) is 1.57. The van der Waals surface area contributed by atoms with Crippen molar-refractivity contribution in [1.29, 1.82) is 0 Å². The van der Waals surface area contributed by atoms with Gasteiger partial charge in [0.15, 0.2) is 0 Å². The van der Waals surface area contributed by atoms with Crippen LogP contribution in [0, 0.1) is 5.92 Å². The van der Waals surface area contributed by atoms with Gasteiger partial charge in [0.2, 0.25) is 0 Å². The highest BCUT2D eigenvalue weighted by Gasteiger charge is 2.37. The Balaban J connectivity index is 2.17. The van der Waals surface area contributed by atoms with Crippen LogP contribution in [0.1, 0.15) is 17.9 Å². The van der Waals surface area contributed by atoms with Crippen LogP contribution in [-0.2, 0) is 4.79 Å². The van der Waals surface area contributed by atoms with Gasteiger partial charge in [-0.1, -0.05) is 12.1 Å². The monoisotopic (exact) mass is 176 g/mol. The first-order chi connectivity index (χ1) is 6.35. The Morgan fingerprint density at radius 3 is 3.00 bits per heavy atom. The zero-order valence-corrected chi connectivity index (χ0v) is 7.57. The molecule has 2 atom stereocenters. The smallest absolute Gasteiger partial charge is 0.123 e. The van der Waals surface area contributed by atoms with Crippen molar-refractivity contribution in [3.05, 3.63) is 29.8 Å². The Morgan fingerprint density at radius 1 is 1.54 bits per heavy atom. The molecule has 1 aromatic rings. The van der Waals surface area contributed by atoms with Gasteiger partial charge in [0, 0.05) is 5.92 Å². The molecule has 1 aromatic carbocycles. The predicted octanol–water partition coefficient (Wildman–Crippen LogP) is 2.00. The molecule has 2 unspecified atom stereocenters. The number of benzene rings is 1. The fourth-order valence-corrected chi connectivity index (χ4v) is 1.62. The molecular weight excluding hydrogens is 164 g/mol. The molecular formula is C11H12O2. The molecule has 1 aliphatic rings. The summed E-state index contributed by atoms with van der Waals surface area (Å²) in [6.45, 7) is 0. The van der Waals surface area contributed by atoms with Gasteiger partial charge in [0.25, 0.3) is 0 Å². The van der Waals surface area contributed by atoms with Crippen LogP contribution >= 0.6 is 0 Å². The van der Waals surface area contributed by atoms with E-state index < -0.39 is 0 Å². The molecule has 0 bridgehead atoms. The second-order valence-corrected chi connectivity index (χ2v) is 3.42. The van der Waals surface area contributed by atoms with Gasteiger partial charge >= 0.3 is 0 Å².